The fourth-order valence-corrected chi connectivity index (χ4v) is 8.05. The second kappa shape index (κ2) is 8.46. The number of halogens is 3. The van der Waals surface area contributed by atoms with Crippen molar-refractivity contribution < 1.29 is 27.8 Å². The zero-order valence-electron chi connectivity index (χ0n) is 21.4. The quantitative estimate of drug-likeness (QED) is 0.346. The number of thiophene rings is 1. The standard InChI is InChI=1S/C30H22F3N3O4S/c31-19-6-5-18-23-22-15(13-30(32,33)24(19)23)14-41-28(22)17-4-2-1-3-16(17)25(18)36-21-8-11-40-12-10-34(21)29(39)26-27(38)20(37)7-9-35(26)36/h1-7,9,14,21,25,38H,8,10-13H2/t21-,25-/m1/s1. The number of benzene rings is 2. The van der Waals surface area contributed by atoms with E-state index in [0.29, 0.717) is 29.7 Å². The minimum absolute atomic E-state index is 0.161. The van der Waals surface area contributed by atoms with E-state index in [1.165, 1.54) is 28.3 Å². The van der Waals surface area contributed by atoms with Crippen LogP contribution in [-0.4, -0.2) is 46.5 Å². The Balaban J connectivity index is 1.50. The number of carbonyl (C=O) groups is 1. The van der Waals surface area contributed by atoms with Crippen LogP contribution >= 0.6 is 11.3 Å². The number of nitrogens with zero attached hydrogens (tertiary/aromatic N) is 3. The number of fused-ring (bicyclic) bond motifs is 4. The van der Waals surface area contributed by atoms with Crippen LogP contribution in [0.1, 0.15) is 45.2 Å². The molecule has 0 saturated carbocycles. The zero-order valence-corrected chi connectivity index (χ0v) is 22.3. The highest BCUT2D eigenvalue weighted by Gasteiger charge is 2.50. The molecule has 0 bridgehead atoms. The maximum Gasteiger partial charge on any atom is 0.280 e. The average molecular weight is 578 g/mol. The van der Waals surface area contributed by atoms with Crippen molar-refractivity contribution >= 4 is 17.2 Å². The molecule has 1 saturated heterocycles. The van der Waals surface area contributed by atoms with Gasteiger partial charge in [0, 0.05) is 47.7 Å². The lowest BCUT2D eigenvalue weighted by atomic mass is 9.80. The molecule has 0 radical (unpaired) electrons. The molecule has 4 aliphatic rings. The number of hydrogen-bond donors (Lipinski definition) is 1. The first-order valence-corrected chi connectivity index (χ1v) is 14.2. The lowest BCUT2D eigenvalue weighted by molar-refractivity contribution is -0.00824. The van der Waals surface area contributed by atoms with Gasteiger partial charge in [-0.05, 0) is 33.7 Å². The first-order chi connectivity index (χ1) is 19.8. The van der Waals surface area contributed by atoms with E-state index in [9.17, 15) is 14.7 Å². The van der Waals surface area contributed by atoms with Gasteiger partial charge in [-0.15, -0.1) is 11.3 Å². The van der Waals surface area contributed by atoms with E-state index in [4.69, 9.17) is 4.74 Å². The summed E-state index contributed by atoms with van der Waals surface area (Å²) in [6.45, 7) is 0.792. The van der Waals surface area contributed by atoms with Gasteiger partial charge in [0.15, 0.2) is 11.4 Å². The molecule has 2 aliphatic heterocycles. The van der Waals surface area contributed by atoms with Gasteiger partial charge >= 0.3 is 0 Å². The summed E-state index contributed by atoms with van der Waals surface area (Å²) in [4.78, 5) is 28.6. The first kappa shape index (κ1) is 24.7. The molecule has 2 aliphatic carbocycles. The molecule has 4 aromatic rings. The van der Waals surface area contributed by atoms with Crippen LogP contribution in [0.3, 0.4) is 0 Å². The highest BCUT2D eigenvalue weighted by molar-refractivity contribution is 7.14. The number of alkyl halides is 2. The Hall–Kier alpha value is -4.09. The summed E-state index contributed by atoms with van der Waals surface area (Å²) in [6.07, 6.45) is 0.599. The molecule has 1 N–H and O–H groups in total. The van der Waals surface area contributed by atoms with Gasteiger partial charge in [-0.3, -0.25) is 19.3 Å². The maximum atomic E-state index is 15.7. The third kappa shape index (κ3) is 3.24. The van der Waals surface area contributed by atoms with Gasteiger partial charge in [-0.25, -0.2) is 13.2 Å². The summed E-state index contributed by atoms with van der Waals surface area (Å²) in [5, 5.41) is 14.4. The highest BCUT2D eigenvalue weighted by atomic mass is 32.1. The second-order valence-corrected chi connectivity index (χ2v) is 11.6. The number of ether oxygens (including phenoxy) is 1. The normalized spacial score (nSPS) is 21.8. The van der Waals surface area contributed by atoms with Crippen molar-refractivity contribution in [3.05, 3.63) is 98.0 Å². The van der Waals surface area contributed by atoms with Crippen molar-refractivity contribution in [2.45, 2.75) is 31.0 Å². The Morgan fingerprint density at radius 3 is 2.71 bits per heavy atom. The molecule has 208 valence electrons. The topological polar surface area (TPSA) is 75.0 Å². The molecule has 2 atom stereocenters. The number of aromatic hydroxyl groups is 1. The Labute approximate surface area is 235 Å². The van der Waals surface area contributed by atoms with Crippen LogP contribution in [0.4, 0.5) is 13.2 Å². The summed E-state index contributed by atoms with van der Waals surface area (Å²) in [6, 6.07) is 10.6. The van der Waals surface area contributed by atoms with Crippen molar-refractivity contribution in [3.8, 4) is 27.3 Å². The average Bonchev–Trinajstić information content (AvgIpc) is 3.13. The molecule has 1 amide bonds. The van der Waals surface area contributed by atoms with E-state index < -0.39 is 53.0 Å². The molecule has 2 aromatic heterocycles. The molecule has 4 heterocycles. The number of pyridine rings is 1. The molecule has 0 unspecified atom stereocenters. The minimum atomic E-state index is -3.43. The van der Waals surface area contributed by atoms with E-state index in [1.54, 1.807) is 16.3 Å². The summed E-state index contributed by atoms with van der Waals surface area (Å²) in [7, 11) is 0. The number of carbonyl (C=O) groups excluding carboxylic acids is 1. The molecule has 0 spiro atoms. The van der Waals surface area contributed by atoms with Crippen molar-refractivity contribution in [2.24, 2.45) is 0 Å². The van der Waals surface area contributed by atoms with Crippen LogP contribution < -0.4 is 10.4 Å². The van der Waals surface area contributed by atoms with Gasteiger partial charge in [0.1, 0.15) is 12.0 Å². The van der Waals surface area contributed by atoms with E-state index in [0.717, 1.165) is 22.1 Å². The van der Waals surface area contributed by atoms with Crippen LogP contribution in [0.25, 0.3) is 21.6 Å². The maximum absolute atomic E-state index is 15.7. The molecule has 1 fully saturated rings. The minimum Gasteiger partial charge on any atom is -0.502 e. The monoisotopic (exact) mass is 577 g/mol. The predicted octanol–water partition coefficient (Wildman–Crippen LogP) is 4.98. The fourth-order valence-electron chi connectivity index (χ4n) is 6.92. The summed E-state index contributed by atoms with van der Waals surface area (Å²) >= 11 is 1.35. The Morgan fingerprint density at radius 2 is 1.85 bits per heavy atom. The van der Waals surface area contributed by atoms with E-state index in [2.05, 4.69) is 0 Å². The predicted molar refractivity (Wildman–Crippen MR) is 145 cm³/mol. The van der Waals surface area contributed by atoms with Gasteiger partial charge in [0.25, 0.3) is 11.8 Å². The molecule has 11 heteroatoms. The van der Waals surface area contributed by atoms with Crippen LogP contribution in [0, 0.1) is 5.82 Å². The third-order valence-corrected chi connectivity index (χ3v) is 9.63. The number of amides is 1. The zero-order chi connectivity index (χ0) is 28.2. The Kier molecular flexibility index (Phi) is 5.10. The molecular weight excluding hydrogens is 555 g/mol. The second-order valence-electron chi connectivity index (χ2n) is 10.7. The number of aromatic nitrogens is 1. The smallest absolute Gasteiger partial charge is 0.280 e. The highest BCUT2D eigenvalue weighted by Crippen LogP contribution is 2.58. The van der Waals surface area contributed by atoms with E-state index in [-0.39, 0.29) is 24.4 Å². The van der Waals surface area contributed by atoms with Gasteiger partial charge in [0.05, 0.1) is 24.8 Å². The molecule has 41 heavy (non-hydrogen) atoms. The summed E-state index contributed by atoms with van der Waals surface area (Å²) in [5.74, 6) is -5.62. The lowest BCUT2D eigenvalue weighted by Gasteiger charge is -2.49. The van der Waals surface area contributed by atoms with Crippen LogP contribution in [0.15, 0.2) is 58.8 Å². The first-order valence-electron chi connectivity index (χ1n) is 13.3. The molecule has 7 nitrogen and oxygen atoms in total. The largest absolute Gasteiger partial charge is 0.502 e. The summed E-state index contributed by atoms with van der Waals surface area (Å²) < 4.78 is 54.0. The van der Waals surface area contributed by atoms with Crippen molar-refractivity contribution in [3.63, 3.8) is 0 Å². The third-order valence-electron chi connectivity index (χ3n) is 8.57. The number of hydrogen-bond acceptors (Lipinski definition) is 6. The van der Waals surface area contributed by atoms with Crippen molar-refractivity contribution in [1.82, 2.24) is 9.58 Å². The molecule has 8 rings (SSSR count). The van der Waals surface area contributed by atoms with E-state index >= 15 is 13.2 Å². The number of rotatable bonds is 1. The SMILES string of the molecule is O=C1c2c(O)c(=O)ccn2N([C@@H]2c3ccccc3-c3scc4c3-c3c2ccc(F)c3C(F)(F)C4)[C@@H]2CCOCCN12. The van der Waals surface area contributed by atoms with Crippen molar-refractivity contribution in [1.29, 1.82) is 0 Å². The lowest BCUT2D eigenvalue weighted by Crippen LogP contribution is -2.62. The molecular formula is C30H22F3N3O4S. The Bertz CT molecular complexity index is 1850. The van der Waals surface area contributed by atoms with Crippen LogP contribution in [0.2, 0.25) is 0 Å². The van der Waals surface area contributed by atoms with Crippen molar-refractivity contribution in [2.75, 3.05) is 24.8 Å². The fraction of sp³-hybridized carbons (Fsp3) is 0.267. The van der Waals surface area contributed by atoms with Crippen LogP contribution in [-0.2, 0) is 17.1 Å². The van der Waals surface area contributed by atoms with Crippen LogP contribution in [0.5, 0.6) is 5.75 Å². The van der Waals surface area contributed by atoms with Gasteiger partial charge in [0.2, 0.25) is 5.43 Å². The van der Waals surface area contributed by atoms with E-state index in [1.807, 2.05) is 29.3 Å². The molecule has 2 aromatic carbocycles. The van der Waals surface area contributed by atoms with Gasteiger partial charge in [-0.2, -0.15) is 0 Å². The summed E-state index contributed by atoms with van der Waals surface area (Å²) in [5.41, 5.74) is 1.72. The van der Waals surface area contributed by atoms with Gasteiger partial charge < -0.3 is 14.7 Å². The Morgan fingerprint density at radius 1 is 1.02 bits per heavy atom. The van der Waals surface area contributed by atoms with Gasteiger partial charge in [-0.1, -0.05) is 30.3 Å².